The highest BCUT2D eigenvalue weighted by molar-refractivity contribution is 7.71. The first-order valence-electron chi connectivity index (χ1n) is 14.4. The van der Waals surface area contributed by atoms with Crippen molar-refractivity contribution < 1.29 is 9.47 Å². The van der Waals surface area contributed by atoms with E-state index in [1.165, 1.54) is 0 Å². The van der Waals surface area contributed by atoms with Crippen LogP contribution >= 0.6 is 24.4 Å². The van der Waals surface area contributed by atoms with Gasteiger partial charge in [0.2, 0.25) is 9.54 Å². The molecule has 0 spiro atoms. The van der Waals surface area contributed by atoms with Crippen LogP contribution in [-0.2, 0) is 0 Å². The molecule has 4 aromatic heterocycles. The van der Waals surface area contributed by atoms with Gasteiger partial charge in [0.25, 0.3) is 0 Å². The van der Waals surface area contributed by atoms with Crippen molar-refractivity contribution >= 4 is 36.9 Å². The van der Waals surface area contributed by atoms with Gasteiger partial charge in [0, 0.05) is 47.0 Å². The fourth-order valence-electron chi connectivity index (χ4n) is 4.41. The van der Waals surface area contributed by atoms with Crippen LogP contribution in [0.25, 0.3) is 22.8 Å². The van der Waals surface area contributed by atoms with Gasteiger partial charge in [-0.2, -0.15) is 29.8 Å². The third-order valence-electron chi connectivity index (χ3n) is 6.66. The fraction of sp³-hybridized carbons (Fsp3) is 0.125. The maximum absolute atomic E-state index is 6.10. The summed E-state index contributed by atoms with van der Waals surface area (Å²) in [5.41, 5.74) is 3.23. The molecule has 0 unspecified atom stereocenters. The first kappa shape index (κ1) is 30.4. The van der Waals surface area contributed by atoms with E-state index in [4.69, 9.17) is 33.9 Å². The molecule has 0 saturated carbocycles. The van der Waals surface area contributed by atoms with Gasteiger partial charge < -0.3 is 9.47 Å². The van der Waals surface area contributed by atoms with Crippen LogP contribution in [0.15, 0.2) is 108 Å². The van der Waals surface area contributed by atoms with Gasteiger partial charge in [-0.05, 0) is 85.8 Å². The zero-order valence-corrected chi connectivity index (χ0v) is 26.1. The smallest absolute Gasteiger partial charge is 0.216 e. The zero-order chi connectivity index (χ0) is 31.6. The molecule has 6 rings (SSSR count). The molecule has 12 nitrogen and oxygen atoms in total. The summed E-state index contributed by atoms with van der Waals surface area (Å²) in [5.74, 6) is 2.58. The van der Waals surface area contributed by atoms with Crippen LogP contribution in [0.4, 0.5) is 0 Å². The lowest BCUT2D eigenvalue weighted by molar-refractivity contribution is 0.266. The molecule has 2 aromatic carbocycles. The second kappa shape index (κ2) is 14.9. The average Bonchev–Trinajstić information content (AvgIpc) is 3.67. The Balaban J connectivity index is 1.03. The molecule has 0 fully saturated rings. The number of ether oxygens (including phenoxy) is 2. The molecule has 0 bridgehead atoms. The molecule has 2 N–H and O–H groups in total. The molecular formula is C32H28N10O2S2. The molecule has 0 aliphatic heterocycles. The molecule has 230 valence electrons. The predicted molar refractivity (Wildman–Crippen MR) is 180 cm³/mol. The highest BCUT2D eigenvalue weighted by atomic mass is 32.1. The van der Waals surface area contributed by atoms with E-state index in [1.54, 1.807) is 46.6 Å². The second-order valence-corrected chi connectivity index (χ2v) is 10.6. The lowest BCUT2D eigenvalue weighted by atomic mass is 10.2. The minimum absolute atomic E-state index is 0.376. The van der Waals surface area contributed by atoms with E-state index in [9.17, 15) is 0 Å². The Kier molecular flexibility index (Phi) is 9.87. The van der Waals surface area contributed by atoms with Gasteiger partial charge in [-0.3, -0.25) is 9.97 Å². The summed E-state index contributed by atoms with van der Waals surface area (Å²) in [4.78, 5) is 8.31. The molecule has 0 aliphatic rings. The molecule has 0 atom stereocenters. The lowest BCUT2D eigenvalue weighted by Crippen LogP contribution is -2.05. The summed E-state index contributed by atoms with van der Waals surface area (Å²) in [6.45, 7) is 1.03. The first-order valence-corrected chi connectivity index (χ1v) is 15.2. The second-order valence-electron chi connectivity index (χ2n) is 9.78. The van der Waals surface area contributed by atoms with Crippen LogP contribution in [0.1, 0.15) is 24.0 Å². The molecule has 0 amide bonds. The van der Waals surface area contributed by atoms with Gasteiger partial charge in [0.05, 0.1) is 25.6 Å². The molecule has 14 heteroatoms. The Morgan fingerprint density at radius 3 is 1.52 bits per heavy atom. The van der Waals surface area contributed by atoms with Gasteiger partial charge in [-0.15, -0.1) is 0 Å². The fourth-order valence-corrected chi connectivity index (χ4v) is 4.77. The largest absolute Gasteiger partial charge is 0.493 e. The number of H-pyrrole nitrogens is 2. The predicted octanol–water partition coefficient (Wildman–Crippen LogP) is 6.32. The van der Waals surface area contributed by atoms with Crippen LogP contribution in [0.3, 0.4) is 0 Å². The summed E-state index contributed by atoms with van der Waals surface area (Å²) < 4.78 is 16.1. The van der Waals surface area contributed by atoms with Crippen molar-refractivity contribution in [2.24, 2.45) is 10.2 Å². The summed E-state index contributed by atoms with van der Waals surface area (Å²) >= 11 is 10.8. The topological polar surface area (TPSA) is 136 Å². The van der Waals surface area contributed by atoms with Crippen LogP contribution in [0.2, 0.25) is 0 Å². The summed E-state index contributed by atoms with van der Waals surface area (Å²) in [6.07, 6.45) is 11.8. The minimum Gasteiger partial charge on any atom is -0.493 e. The third kappa shape index (κ3) is 7.36. The van der Waals surface area contributed by atoms with Crippen molar-refractivity contribution in [3.8, 4) is 34.3 Å². The molecule has 6 aromatic rings. The van der Waals surface area contributed by atoms with Gasteiger partial charge in [0.1, 0.15) is 11.5 Å². The monoisotopic (exact) mass is 648 g/mol. The van der Waals surface area contributed by atoms with Crippen molar-refractivity contribution in [2.45, 2.75) is 12.8 Å². The van der Waals surface area contributed by atoms with Gasteiger partial charge >= 0.3 is 0 Å². The molecule has 4 heterocycles. The van der Waals surface area contributed by atoms with Gasteiger partial charge in [-0.25, -0.2) is 10.2 Å². The number of rotatable bonds is 13. The zero-order valence-electron chi connectivity index (χ0n) is 24.4. The number of nitrogens with one attached hydrogen (secondary N) is 2. The highest BCUT2D eigenvalue weighted by Gasteiger charge is 2.10. The van der Waals surface area contributed by atoms with Crippen molar-refractivity contribution in [1.29, 1.82) is 0 Å². The Hall–Kier alpha value is -5.60. The third-order valence-corrected chi connectivity index (χ3v) is 7.19. The van der Waals surface area contributed by atoms with Crippen LogP contribution in [0, 0.1) is 9.54 Å². The number of aromatic amines is 2. The maximum Gasteiger partial charge on any atom is 0.216 e. The van der Waals surface area contributed by atoms with Gasteiger partial charge in [0.15, 0.2) is 11.6 Å². The molecule has 0 radical (unpaired) electrons. The van der Waals surface area contributed by atoms with E-state index in [0.717, 1.165) is 46.6 Å². The first-order chi connectivity index (χ1) is 22.7. The Bertz CT molecular complexity index is 1920. The number of nitrogens with zero attached hydrogens (tertiary/aromatic N) is 8. The van der Waals surface area contributed by atoms with E-state index in [2.05, 4.69) is 40.6 Å². The number of benzene rings is 2. The van der Waals surface area contributed by atoms with E-state index in [1.807, 2.05) is 72.8 Å². The Morgan fingerprint density at radius 1 is 0.630 bits per heavy atom. The minimum atomic E-state index is 0.376. The number of hydrogen-bond acceptors (Lipinski definition) is 10. The molecule has 0 aliphatic carbocycles. The number of pyridine rings is 2. The van der Waals surface area contributed by atoms with Gasteiger partial charge in [-0.1, -0.05) is 24.3 Å². The van der Waals surface area contributed by atoms with Crippen molar-refractivity contribution in [3.05, 3.63) is 118 Å². The summed E-state index contributed by atoms with van der Waals surface area (Å²) in [6, 6.07) is 22.9. The lowest BCUT2D eigenvalue weighted by Gasteiger charge is -2.11. The number of hydrogen-bond donors (Lipinski definition) is 2. The standard InChI is InChI=1S/C32H28N10O2S2/c45-31-39-37-29(25-11-7-15-33-19-25)41(31)35-21-23-9-1-3-13-27(23)43-17-5-6-18-44-28-14-4-2-10-24(28)22-36-42-30(38-40-32(42)46)26-12-8-16-34-20-26/h1-4,7-16,19-22H,5-6,17-18H2,(H,39,45)(H,40,46)/b35-21-,36-22?. The van der Waals surface area contributed by atoms with E-state index in [0.29, 0.717) is 34.4 Å². The van der Waals surface area contributed by atoms with E-state index in [-0.39, 0.29) is 0 Å². The van der Waals surface area contributed by atoms with Crippen molar-refractivity contribution in [1.82, 2.24) is 39.7 Å². The number of aromatic nitrogens is 8. The summed E-state index contributed by atoms with van der Waals surface area (Å²) in [5, 5.41) is 23.3. The maximum atomic E-state index is 6.10. The van der Waals surface area contributed by atoms with E-state index >= 15 is 0 Å². The number of para-hydroxylation sites is 2. The Labute approximate surface area is 274 Å². The van der Waals surface area contributed by atoms with Crippen LogP contribution in [-0.4, -0.2) is 65.4 Å². The molecular weight excluding hydrogens is 621 g/mol. The molecule has 0 saturated heterocycles. The quantitative estimate of drug-likeness (QED) is 0.0844. The SMILES string of the molecule is S=c1[nH]nc(-c2cccnc2)n1N=Cc1ccccc1OCCCCOc1ccccc1/C=N\n1c(-c2cccnc2)n[nH]c1=S. The van der Waals surface area contributed by atoms with Crippen LogP contribution < -0.4 is 9.47 Å². The summed E-state index contributed by atoms with van der Waals surface area (Å²) in [7, 11) is 0. The highest BCUT2D eigenvalue weighted by Crippen LogP contribution is 2.21. The average molecular weight is 649 g/mol. The number of unbranched alkanes of at least 4 members (excludes halogenated alkanes) is 1. The molecule has 46 heavy (non-hydrogen) atoms. The van der Waals surface area contributed by atoms with Crippen LogP contribution in [0.5, 0.6) is 11.5 Å². The van der Waals surface area contributed by atoms with E-state index < -0.39 is 0 Å². The van der Waals surface area contributed by atoms with Crippen molar-refractivity contribution in [3.63, 3.8) is 0 Å². The Morgan fingerprint density at radius 2 is 1.09 bits per heavy atom. The normalized spacial score (nSPS) is 11.4. The van der Waals surface area contributed by atoms with Crippen molar-refractivity contribution in [2.75, 3.05) is 13.2 Å².